The molecule has 0 radical (unpaired) electrons. The van der Waals surface area contributed by atoms with Crippen LogP contribution in [0.5, 0.6) is 0 Å². The molecule has 0 saturated heterocycles. The highest BCUT2D eigenvalue weighted by molar-refractivity contribution is 5.81. The van der Waals surface area contributed by atoms with E-state index in [1.807, 2.05) is 48.5 Å². The highest BCUT2D eigenvalue weighted by Crippen LogP contribution is 2.44. The number of carboxylic acids is 1. The summed E-state index contributed by atoms with van der Waals surface area (Å²) < 4.78 is 15.6. The number of carbonyl (C=O) groups excluding carboxylic acids is 2. The van der Waals surface area contributed by atoms with Gasteiger partial charge in [-0.2, -0.15) is 0 Å². The third kappa shape index (κ3) is 5.85. The summed E-state index contributed by atoms with van der Waals surface area (Å²) in [5.41, 5.74) is 3.62. The van der Waals surface area contributed by atoms with Crippen molar-refractivity contribution in [2.45, 2.75) is 38.3 Å². The molecule has 1 aliphatic rings. The normalized spacial score (nSPS) is 13.6. The number of rotatable bonds is 8. The Morgan fingerprint density at radius 3 is 2.09 bits per heavy atom. The molecule has 0 heterocycles. The molecule has 0 fully saturated rings. The molecule has 0 aliphatic heterocycles. The van der Waals surface area contributed by atoms with Crippen LogP contribution in [0.25, 0.3) is 11.1 Å². The SMILES string of the molecule is CC(C)(C)OC(=O)COCC(NC(=O)OCC1c2ccccc2-c2ccccc21)C(=O)O. The van der Waals surface area contributed by atoms with Gasteiger partial charge in [0.2, 0.25) is 0 Å². The van der Waals surface area contributed by atoms with Gasteiger partial charge in [-0.3, -0.25) is 0 Å². The number of carbonyl (C=O) groups is 3. The number of alkyl carbamates (subject to hydrolysis) is 1. The second kappa shape index (κ2) is 9.82. The number of carboxylic acid groups (broad SMARTS) is 1. The van der Waals surface area contributed by atoms with Gasteiger partial charge in [0.15, 0.2) is 6.04 Å². The zero-order valence-electron chi connectivity index (χ0n) is 18.3. The molecular formula is C24H27NO7. The number of hydrogen-bond acceptors (Lipinski definition) is 6. The average Bonchev–Trinajstić information content (AvgIpc) is 3.04. The second-order valence-electron chi connectivity index (χ2n) is 8.46. The van der Waals surface area contributed by atoms with E-state index < -0.39 is 42.9 Å². The van der Waals surface area contributed by atoms with Crippen molar-refractivity contribution in [1.29, 1.82) is 0 Å². The molecule has 1 aliphatic carbocycles. The number of fused-ring (bicyclic) bond motifs is 3. The second-order valence-corrected chi connectivity index (χ2v) is 8.46. The van der Waals surface area contributed by atoms with Gasteiger partial charge in [-0.15, -0.1) is 0 Å². The monoisotopic (exact) mass is 441 g/mol. The molecule has 8 nitrogen and oxygen atoms in total. The van der Waals surface area contributed by atoms with Crippen LogP contribution in [0.3, 0.4) is 0 Å². The Morgan fingerprint density at radius 1 is 1.00 bits per heavy atom. The van der Waals surface area contributed by atoms with Gasteiger partial charge < -0.3 is 24.6 Å². The Kier molecular flexibility index (Phi) is 7.15. The number of esters is 1. The van der Waals surface area contributed by atoms with E-state index >= 15 is 0 Å². The van der Waals surface area contributed by atoms with Crippen LogP contribution in [-0.2, 0) is 23.8 Å². The van der Waals surface area contributed by atoms with E-state index in [2.05, 4.69) is 5.32 Å². The van der Waals surface area contributed by atoms with Crippen LogP contribution in [0.15, 0.2) is 48.5 Å². The Hall–Kier alpha value is -3.39. The van der Waals surface area contributed by atoms with Gasteiger partial charge in [0.25, 0.3) is 0 Å². The van der Waals surface area contributed by atoms with Gasteiger partial charge in [-0.1, -0.05) is 48.5 Å². The molecule has 1 atom stereocenters. The van der Waals surface area contributed by atoms with Gasteiger partial charge in [0.05, 0.1) is 6.61 Å². The molecule has 1 unspecified atom stereocenters. The fourth-order valence-corrected chi connectivity index (χ4v) is 3.59. The third-order valence-electron chi connectivity index (χ3n) is 4.86. The van der Waals surface area contributed by atoms with Crippen LogP contribution in [0, 0.1) is 0 Å². The van der Waals surface area contributed by atoms with E-state index in [1.165, 1.54) is 0 Å². The van der Waals surface area contributed by atoms with Crippen molar-refractivity contribution in [2.24, 2.45) is 0 Å². The number of benzene rings is 2. The van der Waals surface area contributed by atoms with Crippen LogP contribution in [-0.4, -0.2) is 54.6 Å². The smallest absolute Gasteiger partial charge is 0.407 e. The molecule has 2 N–H and O–H groups in total. The lowest BCUT2D eigenvalue weighted by atomic mass is 9.98. The van der Waals surface area contributed by atoms with Crippen LogP contribution < -0.4 is 5.32 Å². The molecule has 0 saturated carbocycles. The maximum absolute atomic E-state index is 12.3. The summed E-state index contributed by atoms with van der Waals surface area (Å²) in [7, 11) is 0. The summed E-state index contributed by atoms with van der Waals surface area (Å²) in [6.45, 7) is 4.37. The summed E-state index contributed by atoms with van der Waals surface area (Å²) in [6, 6.07) is 14.4. The average molecular weight is 441 g/mol. The number of nitrogens with one attached hydrogen (secondary N) is 1. The topological polar surface area (TPSA) is 111 Å². The molecule has 2 aromatic rings. The first-order valence-corrected chi connectivity index (χ1v) is 10.3. The maximum atomic E-state index is 12.3. The zero-order chi connectivity index (χ0) is 23.3. The fourth-order valence-electron chi connectivity index (χ4n) is 3.59. The van der Waals surface area contributed by atoms with Crippen molar-refractivity contribution in [1.82, 2.24) is 5.32 Å². The minimum atomic E-state index is -1.37. The van der Waals surface area contributed by atoms with E-state index in [1.54, 1.807) is 20.8 Å². The van der Waals surface area contributed by atoms with Crippen molar-refractivity contribution >= 4 is 18.0 Å². The Labute approximate surface area is 186 Å². The van der Waals surface area contributed by atoms with Gasteiger partial charge in [0.1, 0.15) is 18.8 Å². The molecular weight excluding hydrogens is 414 g/mol. The molecule has 8 heteroatoms. The van der Waals surface area contributed by atoms with Crippen LogP contribution in [0.2, 0.25) is 0 Å². The number of amides is 1. The van der Waals surface area contributed by atoms with Crippen LogP contribution >= 0.6 is 0 Å². The van der Waals surface area contributed by atoms with Crippen molar-refractivity contribution < 1.29 is 33.7 Å². The van der Waals surface area contributed by atoms with Crippen LogP contribution in [0.4, 0.5) is 4.79 Å². The zero-order valence-corrected chi connectivity index (χ0v) is 18.3. The van der Waals surface area contributed by atoms with Crippen molar-refractivity contribution in [2.75, 3.05) is 19.8 Å². The Balaban J connectivity index is 1.54. The molecule has 0 aromatic heterocycles. The first kappa shape index (κ1) is 23.3. The third-order valence-corrected chi connectivity index (χ3v) is 4.86. The molecule has 32 heavy (non-hydrogen) atoms. The van der Waals surface area contributed by atoms with E-state index in [-0.39, 0.29) is 12.5 Å². The Bertz CT molecular complexity index is 950. The minimum Gasteiger partial charge on any atom is -0.480 e. The first-order chi connectivity index (χ1) is 15.2. The Morgan fingerprint density at radius 2 is 1.56 bits per heavy atom. The van der Waals surface area contributed by atoms with Crippen molar-refractivity contribution in [3.8, 4) is 11.1 Å². The maximum Gasteiger partial charge on any atom is 0.407 e. The lowest BCUT2D eigenvalue weighted by Gasteiger charge is -2.20. The lowest BCUT2D eigenvalue weighted by Crippen LogP contribution is -2.45. The lowest BCUT2D eigenvalue weighted by molar-refractivity contribution is -0.161. The van der Waals surface area contributed by atoms with Gasteiger partial charge >= 0.3 is 18.0 Å². The van der Waals surface area contributed by atoms with E-state index in [4.69, 9.17) is 14.2 Å². The standard InChI is InChI=1S/C24H27NO7/c1-24(2,3)32-21(26)14-30-13-20(22(27)28)25-23(29)31-12-19-17-10-6-4-8-15(17)16-9-5-7-11-18(16)19/h4-11,19-20H,12-14H2,1-3H3,(H,25,29)(H,27,28). The van der Waals surface area contributed by atoms with E-state index in [0.717, 1.165) is 22.3 Å². The summed E-state index contributed by atoms with van der Waals surface area (Å²) >= 11 is 0. The largest absolute Gasteiger partial charge is 0.480 e. The predicted molar refractivity (Wildman–Crippen MR) is 116 cm³/mol. The molecule has 3 rings (SSSR count). The summed E-state index contributed by atoms with van der Waals surface area (Å²) in [5, 5.41) is 11.6. The number of aliphatic carboxylic acids is 1. The number of ether oxygens (including phenoxy) is 3. The predicted octanol–water partition coefficient (Wildman–Crippen LogP) is 3.34. The van der Waals surface area contributed by atoms with E-state index in [9.17, 15) is 19.5 Å². The van der Waals surface area contributed by atoms with Crippen molar-refractivity contribution in [3.05, 3.63) is 59.7 Å². The summed E-state index contributed by atoms with van der Waals surface area (Å²) in [4.78, 5) is 35.4. The summed E-state index contributed by atoms with van der Waals surface area (Å²) in [6.07, 6.45) is -0.875. The highest BCUT2D eigenvalue weighted by atomic mass is 16.6. The highest BCUT2D eigenvalue weighted by Gasteiger charge is 2.30. The minimum absolute atomic E-state index is 0.0605. The van der Waals surface area contributed by atoms with Gasteiger partial charge in [0, 0.05) is 5.92 Å². The van der Waals surface area contributed by atoms with Gasteiger partial charge in [-0.25, -0.2) is 14.4 Å². The van der Waals surface area contributed by atoms with E-state index in [0.29, 0.717) is 0 Å². The molecule has 2 aromatic carbocycles. The number of hydrogen-bond donors (Lipinski definition) is 2. The van der Waals surface area contributed by atoms with Gasteiger partial charge in [-0.05, 0) is 43.0 Å². The molecule has 1 amide bonds. The van der Waals surface area contributed by atoms with Crippen LogP contribution in [0.1, 0.15) is 37.8 Å². The fraction of sp³-hybridized carbons (Fsp3) is 0.375. The summed E-state index contributed by atoms with van der Waals surface area (Å²) in [5.74, 6) is -2.06. The molecule has 0 spiro atoms. The quantitative estimate of drug-likeness (QED) is 0.605. The van der Waals surface area contributed by atoms with Crippen molar-refractivity contribution in [3.63, 3.8) is 0 Å². The molecule has 170 valence electrons. The molecule has 0 bridgehead atoms. The first-order valence-electron chi connectivity index (χ1n) is 10.3.